The number of aromatic nitrogens is 2. The van der Waals surface area contributed by atoms with E-state index in [1.54, 1.807) is 12.3 Å². The second-order valence-electron chi connectivity index (χ2n) is 4.46. The third-order valence-electron chi connectivity index (χ3n) is 2.95. The monoisotopic (exact) mass is 277 g/mol. The molecule has 0 aliphatic heterocycles. The third-order valence-corrected chi connectivity index (χ3v) is 2.95. The van der Waals surface area contributed by atoms with Crippen LogP contribution in [0.3, 0.4) is 0 Å². The van der Waals surface area contributed by atoms with Crippen LogP contribution in [0.1, 0.15) is 26.1 Å². The molecule has 0 saturated carbocycles. The molecular formula is C15H20FN3O. The lowest BCUT2D eigenvalue weighted by Crippen LogP contribution is -2.09. The Morgan fingerprint density at radius 2 is 2.20 bits per heavy atom. The van der Waals surface area contributed by atoms with Crippen molar-refractivity contribution in [3.63, 3.8) is 0 Å². The number of nitrogens with zero attached hydrogens (tertiary/aromatic N) is 2. The maximum Gasteiger partial charge on any atom is 0.145 e. The summed E-state index contributed by atoms with van der Waals surface area (Å²) in [7, 11) is 0. The topological polar surface area (TPSA) is 39.1 Å². The summed E-state index contributed by atoms with van der Waals surface area (Å²) in [5, 5.41) is 3.25. The van der Waals surface area contributed by atoms with E-state index in [4.69, 9.17) is 4.74 Å². The minimum atomic E-state index is -0.300. The molecule has 1 N–H and O–H groups in total. The van der Waals surface area contributed by atoms with Crippen LogP contribution in [0.25, 0.3) is 0 Å². The average Bonchev–Trinajstić information content (AvgIpc) is 2.86. The van der Waals surface area contributed by atoms with Gasteiger partial charge in [0.25, 0.3) is 0 Å². The van der Waals surface area contributed by atoms with Gasteiger partial charge in [-0.05, 0) is 25.5 Å². The number of hydrogen-bond donors (Lipinski definition) is 1. The van der Waals surface area contributed by atoms with Crippen LogP contribution in [-0.2, 0) is 13.1 Å². The third kappa shape index (κ3) is 3.50. The number of rotatable bonds is 7. The average molecular weight is 277 g/mol. The van der Waals surface area contributed by atoms with Crippen molar-refractivity contribution >= 4 is 5.69 Å². The molecule has 4 nitrogen and oxygen atoms in total. The van der Waals surface area contributed by atoms with Crippen LogP contribution in [0.2, 0.25) is 0 Å². The van der Waals surface area contributed by atoms with Crippen LogP contribution in [0.4, 0.5) is 10.1 Å². The van der Waals surface area contributed by atoms with Crippen molar-refractivity contribution < 1.29 is 9.13 Å². The van der Waals surface area contributed by atoms with E-state index in [-0.39, 0.29) is 5.82 Å². The summed E-state index contributed by atoms with van der Waals surface area (Å²) in [6.45, 7) is 6.03. The molecular weight excluding hydrogens is 257 g/mol. The first-order chi connectivity index (χ1) is 9.74. The minimum Gasteiger partial charge on any atom is -0.492 e. The quantitative estimate of drug-likeness (QED) is 0.842. The lowest BCUT2D eigenvalue weighted by molar-refractivity contribution is 0.339. The fourth-order valence-corrected chi connectivity index (χ4v) is 2.04. The van der Waals surface area contributed by atoms with Gasteiger partial charge in [0.15, 0.2) is 0 Å². The second kappa shape index (κ2) is 6.93. The first-order valence-electron chi connectivity index (χ1n) is 6.90. The maximum absolute atomic E-state index is 13.2. The number of halogens is 1. The van der Waals surface area contributed by atoms with Crippen LogP contribution < -0.4 is 10.1 Å². The largest absolute Gasteiger partial charge is 0.492 e. The van der Waals surface area contributed by atoms with Crippen LogP contribution in [0.5, 0.6) is 5.75 Å². The number of nitrogens with one attached hydrogen (secondary N) is 1. The van der Waals surface area contributed by atoms with Crippen molar-refractivity contribution in [3.05, 3.63) is 42.2 Å². The van der Waals surface area contributed by atoms with Crippen molar-refractivity contribution in [2.45, 2.75) is 33.4 Å². The predicted molar refractivity (Wildman–Crippen MR) is 77.4 cm³/mol. The van der Waals surface area contributed by atoms with Crippen LogP contribution in [0, 0.1) is 5.82 Å². The van der Waals surface area contributed by atoms with Crippen LogP contribution in [-0.4, -0.2) is 16.2 Å². The van der Waals surface area contributed by atoms with Crippen LogP contribution in [0.15, 0.2) is 30.6 Å². The lowest BCUT2D eigenvalue weighted by Gasteiger charge is -2.13. The zero-order chi connectivity index (χ0) is 14.4. The molecule has 1 aromatic heterocycles. The van der Waals surface area contributed by atoms with Crippen molar-refractivity contribution in [1.82, 2.24) is 9.55 Å². The van der Waals surface area contributed by atoms with Gasteiger partial charge in [0.1, 0.15) is 17.4 Å². The molecule has 0 saturated heterocycles. The Morgan fingerprint density at radius 3 is 2.95 bits per heavy atom. The molecule has 5 heteroatoms. The number of ether oxygens (including phenoxy) is 1. The second-order valence-corrected chi connectivity index (χ2v) is 4.46. The molecule has 2 aromatic rings. The molecule has 108 valence electrons. The summed E-state index contributed by atoms with van der Waals surface area (Å²) in [6.07, 6.45) is 4.82. The molecule has 0 fully saturated rings. The molecule has 0 atom stereocenters. The predicted octanol–water partition coefficient (Wildman–Crippen LogP) is 3.44. The van der Waals surface area contributed by atoms with Crippen molar-refractivity contribution in [3.8, 4) is 5.75 Å². The summed E-state index contributed by atoms with van der Waals surface area (Å²) < 4.78 is 20.8. The van der Waals surface area contributed by atoms with E-state index in [1.807, 2.05) is 13.1 Å². The van der Waals surface area contributed by atoms with Gasteiger partial charge in [-0.3, -0.25) is 0 Å². The summed E-state index contributed by atoms with van der Waals surface area (Å²) in [5.41, 5.74) is 0.777. The Kier molecular flexibility index (Phi) is 4.98. The van der Waals surface area contributed by atoms with E-state index in [1.165, 1.54) is 12.1 Å². The Balaban J connectivity index is 2.08. The fourth-order valence-electron chi connectivity index (χ4n) is 2.04. The normalized spacial score (nSPS) is 10.6. The molecule has 0 amide bonds. The molecule has 0 aliphatic carbocycles. The molecule has 1 heterocycles. The highest BCUT2D eigenvalue weighted by atomic mass is 19.1. The van der Waals surface area contributed by atoms with Gasteiger partial charge in [-0.2, -0.15) is 0 Å². The Labute approximate surface area is 118 Å². The standard InChI is InChI=1S/C15H20FN3O/c1-3-8-19-9-7-17-15(19)11-18-13-6-5-12(16)10-14(13)20-4-2/h5-7,9-10,18H,3-4,8,11H2,1-2H3. The maximum atomic E-state index is 13.2. The summed E-state index contributed by atoms with van der Waals surface area (Å²) in [5.74, 6) is 1.19. The van der Waals surface area contributed by atoms with E-state index >= 15 is 0 Å². The first-order valence-corrected chi connectivity index (χ1v) is 6.90. The summed E-state index contributed by atoms with van der Waals surface area (Å²) in [4.78, 5) is 4.33. The number of benzene rings is 1. The molecule has 0 radical (unpaired) electrons. The minimum absolute atomic E-state index is 0.300. The van der Waals surface area contributed by atoms with E-state index in [9.17, 15) is 4.39 Å². The van der Waals surface area contributed by atoms with Gasteiger partial charge in [-0.25, -0.2) is 9.37 Å². The van der Waals surface area contributed by atoms with Crippen molar-refractivity contribution in [2.24, 2.45) is 0 Å². The van der Waals surface area contributed by atoms with Gasteiger partial charge in [0, 0.05) is 25.0 Å². The van der Waals surface area contributed by atoms with Gasteiger partial charge in [0.05, 0.1) is 18.8 Å². The van der Waals surface area contributed by atoms with Gasteiger partial charge >= 0.3 is 0 Å². The Hall–Kier alpha value is -2.04. The van der Waals surface area contributed by atoms with Crippen molar-refractivity contribution in [1.29, 1.82) is 0 Å². The zero-order valence-electron chi connectivity index (χ0n) is 11.9. The molecule has 0 spiro atoms. The van der Waals surface area contributed by atoms with E-state index in [2.05, 4.69) is 21.8 Å². The van der Waals surface area contributed by atoms with Gasteiger partial charge in [-0.1, -0.05) is 6.92 Å². The number of anilines is 1. The molecule has 2 rings (SSSR count). The summed E-state index contributed by atoms with van der Waals surface area (Å²) >= 11 is 0. The van der Waals surface area contributed by atoms with Crippen molar-refractivity contribution in [2.75, 3.05) is 11.9 Å². The van der Waals surface area contributed by atoms with E-state index < -0.39 is 0 Å². The highest BCUT2D eigenvalue weighted by molar-refractivity contribution is 5.56. The molecule has 0 aliphatic rings. The van der Waals surface area contributed by atoms with Gasteiger partial charge in [-0.15, -0.1) is 0 Å². The Morgan fingerprint density at radius 1 is 1.35 bits per heavy atom. The van der Waals surface area contributed by atoms with Gasteiger partial charge < -0.3 is 14.6 Å². The highest BCUT2D eigenvalue weighted by Crippen LogP contribution is 2.25. The smallest absolute Gasteiger partial charge is 0.145 e. The van der Waals surface area contributed by atoms with Crippen LogP contribution >= 0.6 is 0 Å². The molecule has 0 unspecified atom stereocenters. The number of hydrogen-bond acceptors (Lipinski definition) is 3. The molecule has 0 bridgehead atoms. The molecule has 20 heavy (non-hydrogen) atoms. The Bertz CT molecular complexity index is 554. The number of aryl methyl sites for hydroxylation is 1. The summed E-state index contributed by atoms with van der Waals surface area (Å²) in [6, 6.07) is 4.50. The lowest BCUT2D eigenvalue weighted by atomic mass is 10.2. The molecule has 1 aromatic carbocycles. The van der Waals surface area contributed by atoms with E-state index in [0.29, 0.717) is 18.9 Å². The number of imidazole rings is 1. The fraction of sp³-hybridized carbons (Fsp3) is 0.400. The van der Waals surface area contributed by atoms with E-state index in [0.717, 1.165) is 24.5 Å². The van der Waals surface area contributed by atoms with Gasteiger partial charge in [0.2, 0.25) is 0 Å². The zero-order valence-corrected chi connectivity index (χ0v) is 11.9. The highest BCUT2D eigenvalue weighted by Gasteiger charge is 2.07. The first kappa shape index (κ1) is 14.4. The SMILES string of the molecule is CCCn1ccnc1CNc1ccc(F)cc1OCC.